The Kier molecular flexibility index (Phi) is 6.17. The summed E-state index contributed by atoms with van der Waals surface area (Å²) < 4.78 is 0. The molecule has 4 heteroatoms. The fourth-order valence-electron chi connectivity index (χ4n) is 1.43. The van der Waals surface area contributed by atoms with Crippen LogP contribution in [0.3, 0.4) is 0 Å². The normalized spacial score (nSPS) is 14.6. The predicted molar refractivity (Wildman–Crippen MR) is 58.6 cm³/mol. The number of carboxylic acids is 1. The van der Waals surface area contributed by atoms with Gasteiger partial charge in [-0.25, -0.2) is 0 Å². The van der Waals surface area contributed by atoms with Crippen LogP contribution < -0.4 is 5.73 Å². The van der Waals surface area contributed by atoms with Crippen molar-refractivity contribution in [2.75, 3.05) is 6.54 Å². The zero-order chi connectivity index (χ0) is 11.9. The van der Waals surface area contributed by atoms with Gasteiger partial charge in [0.05, 0.1) is 0 Å². The van der Waals surface area contributed by atoms with Gasteiger partial charge in [-0.05, 0) is 32.7 Å². The number of hydrogen-bond acceptors (Lipinski definition) is 3. The molecule has 1 unspecified atom stereocenters. The van der Waals surface area contributed by atoms with Crippen molar-refractivity contribution in [1.82, 2.24) is 0 Å². The predicted octanol–water partition coefficient (Wildman–Crippen LogP) is 1.58. The molecule has 0 rings (SSSR count). The van der Waals surface area contributed by atoms with Crippen molar-refractivity contribution in [1.29, 1.82) is 0 Å². The quantitative estimate of drug-likeness (QED) is 0.602. The third kappa shape index (κ3) is 4.00. The van der Waals surface area contributed by atoms with E-state index in [0.717, 1.165) is 12.8 Å². The molecule has 0 aliphatic heterocycles. The molecule has 15 heavy (non-hydrogen) atoms. The van der Waals surface area contributed by atoms with Crippen LogP contribution in [0.5, 0.6) is 0 Å². The first-order chi connectivity index (χ1) is 6.99. The molecule has 1 atom stereocenters. The first kappa shape index (κ1) is 14.1. The van der Waals surface area contributed by atoms with E-state index in [1.807, 2.05) is 6.92 Å². The lowest BCUT2D eigenvalue weighted by molar-refractivity contribution is -0.154. The van der Waals surface area contributed by atoms with Crippen LogP contribution in [-0.2, 0) is 9.59 Å². The molecular weight excluding hydrogens is 194 g/mol. The molecule has 0 bridgehead atoms. The molecule has 0 radical (unpaired) electrons. The molecule has 0 amide bonds. The number of unbranched alkanes of at least 4 members (excludes halogenated alkanes) is 1. The molecule has 0 aliphatic rings. The first-order valence-electron chi connectivity index (χ1n) is 5.45. The molecule has 0 aromatic rings. The smallest absolute Gasteiger partial charge is 0.316 e. The molecule has 0 spiro atoms. The van der Waals surface area contributed by atoms with Gasteiger partial charge in [-0.2, -0.15) is 0 Å². The van der Waals surface area contributed by atoms with Crippen LogP contribution >= 0.6 is 0 Å². The summed E-state index contributed by atoms with van der Waals surface area (Å²) in [4.78, 5) is 22.8. The van der Waals surface area contributed by atoms with Crippen molar-refractivity contribution in [3.05, 3.63) is 0 Å². The molecule has 3 N–H and O–H groups in total. The molecule has 0 aromatic heterocycles. The lowest BCUT2D eigenvalue weighted by Crippen LogP contribution is -2.36. The third-order valence-corrected chi connectivity index (χ3v) is 2.73. The summed E-state index contributed by atoms with van der Waals surface area (Å²) >= 11 is 0. The van der Waals surface area contributed by atoms with E-state index < -0.39 is 11.4 Å². The largest absolute Gasteiger partial charge is 0.481 e. The number of Topliss-reactive ketones (excluding diaryl/α,β-unsaturated/α-hetero) is 1. The Morgan fingerprint density at radius 1 is 1.33 bits per heavy atom. The minimum Gasteiger partial charge on any atom is -0.481 e. The molecule has 88 valence electrons. The Morgan fingerprint density at radius 3 is 2.33 bits per heavy atom. The van der Waals surface area contributed by atoms with Crippen LogP contribution in [0.15, 0.2) is 0 Å². The van der Waals surface area contributed by atoms with Gasteiger partial charge >= 0.3 is 5.97 Å². The Morgan fingerprint density at radius 2 is 1.93 bits per heavy atom. The number of nitrogens with two attached hydrogens (primary N) is 1. The highest BCUT2D eigenvalue weighted by atomic mass is 16.4. The van der Waals surface area contributed by atoms with Crippen LogP contribution in [0.4, 0.5) is 0 Å². The van der Waals surface area contributed by atoms with Crippen molar-refractivity contribution in [2.24, 2.45) is 11.1 Å². The zero-order valence-corrected chi connectivity index (χ0v) is 9.58. The van der Waals surface area contributed by atoms with Crippen LogP contribution in [0, 0.1) is 5.41 Å². The second kappa shape index (κ2) is 6.56. The third-order valence-electron chi connectivity index (χ3n) is 2.73. The van der Waals surface area contributed by atoms with E-state index in [2.05, 4.69) is 0 Å². The van der Waals surface area contributed by atoms with Crippen molar-refractivity contribution in [3.8, 4) is 0 Å². The lowest BCUT2D eigenvalue weighted by Gasteiger charge is -2.22. The van der Waals surface area contributed by atoms with Gasteiger partial charge in [-0.3, -0.25) is 9.59 Å². The SMILES string of the molecule is CCCCC(=O)C(C)(CCCN)C(=O)O. The van der Waals surface area contributed by atoms with Crippen LogP contribution in [-0.4, -0.2) is 23.4 Å². The lowest BCUT2D eigenvalue weighted by atomic mass is 9.79. The summed E-state index contributed by atoms with van der Waals surface area (Å²) in [5, 5.41) is 9.07. The van der Waals surface area contributed by atoms with Crippen molar-refractivity contribution < 1.29 is 14.7 Å². The monoisotopic (exact) mass is 215 g/mol. The molecule has 0 fully saturated rings. The van der Waals surface area contributed by atoms with E-state index in [0.29, 0.717) is 25.8 Å². The van der Waals surface area contributed by atoms with E-state index in [1.165, 1.54) is 6.92 Å². The van der Waals surface area contributed by atoms with Crippen LogP contribution in [0.2, 0.25) is 0 Å². The highest BCUT2D eigenvalue weighted by Gasteiger charge is 2.39. The average Bonchev–Trinajstić information content (AvgIpc) is 2.21. The number of carboxylic acid groups (broad SMARTS) is 1. The number of aliphatic carboxylic acids is 1. The molecular formula is C11H21NO3. The van der Waals surface area contributed by atoms with E-state index in [9.17, 15) is 9.59 Å². The minimum atomic E-state index is -1.24. The van der Waals surface area contributed by atoms with Gasteiger partial charge in [-0.15, -0.1) is 0 Å². The zero-order valence-electron chi connectivity index (χ0n) is 9.58. The average molecular weight is 215 g/mol. The number of ketones is 1. The molecule has 0 saturated heterocycles. The van der Waals surface area contributed by atoms with Crippen LogP contribution in [0.1, 0.15) is 46.0 Å². The maximum Gasteiger partial charge on any atom is 0.316 e. The summed E-state index contributed by atoms with van der Waals surface area (Å²) in [6.45, 7) is 3.90. The standard InChI is InChI=1S/C11H21NO3/c1-3-4-6-9(13)11(2,10(14)15)7-5-8-12/h3-8,12H2,1-2H3,(H,14,15). The summed E-state index contributed by atoms with van der Waals surface area (Å²) in [6, 6.07) is 0. The van der Waals surface area contributed by atoms with Gasteiger partial charge in [0, 0.05) is 6.42 Å². The van der Waals surface area contributed by atoms with Gasteiger partial charge in [0.25, 0.3) is 0 Å². The number of carbonyl (C=O) groups is 2. The highest BCUT2D eigenvalue weighted by molar-refractivity contribution is 6.02. The fraction of sp³-hybridized carbons (Fsp3) is 0.818. The number of hydrogen-bond donors (Lipinski definition) is 2. The van der Waals surface area contributed by atoms with E-state index in [-0.39, 0.29) is 5.78 Å². The summed E-state index contributed by atoms with van der Waals surface area (Å²) in [5.74, 6) is -1.21. The Balaban J connectivity index is 4.48. The van der Waals surface area contributed by atoms with E-state index in [4.69, 9.17) is 10.8 Å². The summed E-state index contributed by atoms with van der Waals surface area (Å²) in [5.41, 5.74) is 4.09. The van der Waals surface area contributed by atoms with E-state index in [1.54, 1.807) is 0 Å². The fourth-order valence-corrected chi connectivity index (χ4v) is 1.43. The molecule has 0 aliphatic carbocycles. The first-order valence-corrected chi connectivity index (χ1v) is 5.45. The number of carbonyl (C=O) groups excluding carboxylic acids is 1. The van der Waals surface area contributed by atoms with Gasteiger partial charge in [0.2, 0.25) is 0 Å². The topological polar surface area (TPSA) is 80.4 Å². The Hall–Kier alpha value is -0.900. The van der Waals surface area contributed by atoms with Crippen molar-refractivity contribution >= 4 is 11.8 Å². The van der Waals surface area contributed by atoms with Gasteiger partial charge in [-0.1, -0.05) is 13.3 Å². The minimum absolute atomic E-state index is 0.176. The van der Waals surface area contributed by atoms with Crippen molar-refractivity contribution in [2.45, 2.75) is 46.0 Å². The molecule has 0 aromatic carbocycles. The molecule has 0 saturated carbocycles. The van der Waals surface area contributed by atoms with Gasteiger partial charge in [0.1, 0.15) is 11.2 Å². The highest BCUT2D eigenvalue weighted by Crippen LogP contribution is 2.27. The number of rotatable bonds is 8. The molecule has 4 nitrogen and oxygen atoms in total. The van der Waals surface area contributed by atoms with Gasteiger partial charge < -0.3 is 10.8 Å². The summed E-state index contributed by atoms with van der Waals surface area (Å²) in [7, 11) is 0. The maximum absolute atomic E-state index is 11.7. The van der Waals surface area contributed by atoms with Crippen LogP contribution in [0.25, 0.3) is 0 Å². The second-order valence-electron chi connectivity index (χ2n) is 4.06. The van der Waals surface area contributed by atoms with Crippen molar-refractivity contribution in [3.63, 3.8) is 0 Å². The Labute approximate surface area is 90.8 Å². The maximum atomic E-state index is 11.7. The second-order valence-corrected chi connectivity index (χ2v) is 4.06. The Bertz CT molecular complexity index is 228. The molecule has 0 heterocycles. The summed E-state index contributed by atoms with van der Waals surface area (Å²) in [6.07, 6.45) is 2.91. The van der Waals surface area contributed by atoms with Gasteiger partial charge in [0.15, 0.2) is 0 Å². The van der Waals surface area contributed by atoms with E-state index >= 15 is 0 Å².